The molecule has 24 heteroatoms. The van der Waals surface area contributed by atoms with Gasteiger partial charge in [-0.25, -0.2) is 15.0 Å². The smallest absolute Gasteiger partial charge is 0.424 e. The summed E-state index contributed by atoms with van der Waals surface area (Å²) < 4.78 is 29.7. The van der Waals surface area contributed by atoms with Gasteiger partial charge in [-0.3, -0.25) is 14.2 Å². The number of primary amides is 1. The first-order valence-corrected chi connectivity index (χ1v) is 23.5. The largest absolute Gasteiger partial charge is 0.597 e. The van der Waals surface area contributed by atoms with Gasteiger partial charge in [0.2, 0.25) is 0 Å². The number of carbonyl (C=O) groups is 2. The van der Waals surface area contributed by atoms with Crippen LogP contribution in [0.3, 0.4) is 0 Å². The first-order chi connectivity index (χ1) is 30.7. The molecule has 64 heavy (non-hydrogen) atoms. The molecule has 0 bridgehead atoms. The van der Waals surface area contributed by atoms with Gasteiger partial charge in [-0.1, -0.05) is 48.5 Å². The van der Waals surface area contributed by atoms with Crippen LogP contribution < -0.4 is 35.5 Å². The fourth-order valence-corrected chi connectivity index (χ4v) is 9.72. The monoisotopic (exact) mass is 921 g/mol. The third-order valence-electron chi connectivity index (χ3n) is 10.8. The second-order valence-electron chi connectivity index (χ2n) is 14.8. The number of hydrogen-bond donors (Lipinski definition) is 8. The molecule has 3 aromatic heterocycles. The van der Waals surface area contributed by atoms with E-state index in [9.17, 15) is 44.5 Å². The second kappa shape index (κ2) is 18.6. The summed E-state index contributed by atoms with van der Waals surface area (Å²) >= 11 is 0. The summed E-state index contributed by atoms with van der Waals surface area (Å²) in [6.07, 6.45) is -5.31. The van der Waals surface area contributed by atoms with Gasteiger partial charge in [0, 0.05) is 18.2 Å². The van der Waals surface area contributed by atoms with Crippen LogP contribution in [0.4, 0.5) is 5.82 Å². The van der Waals surface area contributed by atoms with E-state index in [0.29, 0.717) is 23.6 Å². The maximum absolute atomic E-state index is 13.6. The normalized spacial score (nSPS) is 25.2. The summed E-state index contributed by atoms with van der Waals surface area (Å²) in [6, 6.07) is 21.6. The van der Waals surface area contributed by atoms with Crippen molar-refractivity contribution in [3.05, 3.63) is 121 Å². The number of amides is 2. The van der Waals surface area contributed by atoms with E-state index >= 15 is 0 Å². The molecule has 10 atom stereocenters. The Hall–Kier alpha value is -5.42. The van der Waals surface area contributed by atoms with Crippen LogP contribution in [0.25, 0.3) is 21.9 Å². The number of rotatable bonds is 16. The van der Waals surface area contributed by atoms with Crippen LogP contribution in [-0.4, -0.2) is 113 Å². The fourth-order valence-electron chi connectivity index (χ4n) is 7.47. The predicted molar refractivity (Wildman–Crippen MR) is 222 cm³/mol. The van der Waals surface area contributed by atoms with Crippen LogP contribution in [-0.2, 0) is 25.1 Å². The summed E-state index contributed by atoms with van der Waals surface area (Å²) in [6.45, 7) is -1.57. The lowest BCUT2D eigenvalue weighted by Crippen LogP contribution is -2.47. The molecule has 2 amide bonds. The van der Waals surface area contributed by atoms with E-state index in [-0.39, 0.29) is 16.8 Å². The number of aromatic nitrogens is 5. The van der Waals surface area contributed by atoms with Crippen molar-refractivity contribution >= 4 is 54.8 Å². The summed E-state index contributed by atoms with van der Waals surface area (Å²) in [4.78, 5) is 86.6. The molecule has 9 N–H and O–H groups in total. The highest BCUT2D eigenvalue weighted by molar-refractivity contribution is 8.32. The lowest BCUT2D eigenvalue weighted by Gasteiger charge is -2.30. The van der Waals surface area contributed by atoms with Crippen molar-refractivity contribution in [2.75, 3.05) is 25.6 Å². The molecule has 0 spiro atoms. The lowest BCUT2D eigenvalue weighted by molar-refractivity contribution is -0.765. The van der Waals surface area contributed by atoms with Gasteiger partial charge in [0.1, 0.15) is 61.3 Å². The van der Waals surface area contributed by atoms with E-state index in [4.69, 9.17) is 29.0 Å². The minimum atomic E-state index is -5.64. The number of imidazole rings is 1. The number of hydrogen-bond acceptors (Lipinski definition) is 18. The molecule has 0 radical (unpaired) electrons. The number of aliphatic hydroxyl groups is 3. The Morgan fingerprint density at radius 2 is 1.58 bits per heavy atom. The van der Waals surface area contributed by atoms with E-state index in [1.165, 1.54) is 65.6 Å². The van der Waals surface area contributed by atoms with Gasteiger partial charge in [-0.15, -0.1) is 0 Å². The van der Waals surface area contributed by atoms with Crippen molar-refractivity contribution < 1.29 is 72.3 Å². The minimum Gasteiger partial charge on any atom is -0.597 e. The van der Waals surface area contributed by atoms with Gasteiger partial charge in [0.25, 0.3) is 18.0 Å². The fraction of sp³-hybridized carbons (Fsp3) is 0.300. The summed E-state index contributed by atoms with van der Waals surface area (Å²) in [5, 5.41) is 41.1. The van der Waals surface area contributed by atoms with Crippen molar-refractivity contribution in [1.82, 2.24) is 24.8 Å². The Bertz CT molecular complexity index is 2650. The summed E-state index contributed by atoms with van der Waals surface area (Å²) in [7, 11) is -9.84. The highest BCUT2D eigenvalue weighted by atomic mass is 32.2. The Balaban J connectivity index is 0.986. The number of anilines is 1. The number of nitrogens with zero attached hydrogens (tertiary/aromatic N) is 5. The van der Waals surface area contributed by atoms with E-state index in [2.05, 4.69) is 25.6 Å². The average Bonchev–Trinajstić information content (AvgIpc) is 3.96. The van der Waals surface area contributed by atoms with E-state index < -0.39 is 89.3 Å². The molecule has 6 aromatic rings. The van der Waals surface area contributed by atoms with Gasteiger partial charge < -0.3 is 55.7 Å². The number of carbonyl (C=O) groups excluding carboxylic acids is 2. The molecule has 0 aliphatic carbocycles. The van der Waals surface area contributed by atoms with Crippen molar-refractivity contribution in [3.63, 3.8) is 0 Å². The number of nitrogens with two attached hydrogens (primary N) is 1. The topological polar surface area (TPSA) is 325 Å². The zero-order chi connectivity index (χ0) is 45.3. The van der Waals surface area contributed by atoms with Gasteiger partial charge in [-0.2, -0.15) is 23.4 Å². The molecule has 2 aliphatic rings. The highest BCUT2D eigenvalue weighted by Crippen LogP contribution is 2.84. The SMILES string of the molecule is COc1cccc(C(=O)N[C@@H]2[C@H](O)[C@@H](CO[P+]([O-])(O)[P+]([O-])(O)OC[C@H]3O[C@@H]([n+]4cccc(C(N)=O)c4)[C@H](O)[C@@H]3O)O[C@H]2n2cnc3c(NCc4cccc5ccccc45)ncnc32)c1. The van der Waals surface area contributed by atoms with Crippen molar-refractivity contribution in [2.24, 2.45) is 5.73 Å². The molecule has 0 saturated carbocycles. The van der Waals surface area contributed by atoms with Crippen LogP contribution >= 0.6 is 15.3 Å². The Morgan fingerprint density at radius 1 is 0.875 bits per heavy atom. The molecule has 2 aliphatic heterocycles. The molecule has 22 nitrogen and oxygen atoms in total. The first-order valence-electron chi connectivity index (χ1n) is 19.6. The number of fused-ring (bicyclic) bond motifs is 2. The number of methoxy groups -OCH3 is 1. The minimum absolute atomic E-state index is 0.0567. The third-order valence-corrected chi connectivity index (χ3v) is 15.0. The van der Waals surface area contributed by atoms with Crippen LogP contribution in [0, 0.1) is 0 Å². The lowest BCUT2D eigenvalue weighted by atomic mass is 10.0. The number of nitrogens with one attached hydrogen (secondary N) is 2. The quantitative estimate of drug-likeness (QED) is 0.0450. The van der Waals surface area contributed by atoms with E-state index in [1.54, 1.807) is 12.1 Å². The third kappa shape index (κ3) is 9.10. The number of benzene rings is 3. The molecule has 5 heterocycles. The van der Waals surface area contributed by atoms with Crippen molar-refractivity contribution in [3.8, 4) is 5.75 Å². The Labute approximate surface area is 364 Å². The number of ether oxygens (including phenoxy) is 3. The molecule has 2 saturated heterocycles. The van der Waals surface area contributed by atoms with Crippen LogP contribution in [0.2, 0.25) is 0 Å². The number of aliphatic hydroxyl groups excluding tert-OH is 3. The maximum Gasteiger partial charge on any atom is 0.424 e. The zero-order valence-corrected chi connectivity index (χ0v) is 35.5. The molecule has 2 fully saturated rings. The van der Waals surface area contributed by atoms with Gasteiger partial charge in [0.15, 0.2) is 41.7 Å². The molecule has 2 unspecified atom stereocenters. The Kier molecular flexibility index (Phi) is 13.1. The van der Waals surface area contributed by atoms with E-state index in [1.807, 2.05) is 42.5 Å². The first kappa shape index (κ1) is 45.2. The molecule has 336 valence electrons. The van der Waals surface area contributed by atoms with Crippen molar-refractivity contribution in [2.45, 2.75) is 55.6 Å². The molecule has 8 rings (SSSR count). The van der Waals surface area contributed by atoms with Gasteiger partial charge in [0.05, 0.1) is 13.4 Å². The standard InChI is InChI=1S/C40H42N8O14P2/c1-58-26-12-5-9-23(15-26)38(53)46-30-32(49)28(18-59-63(54,55)64(56,57)60-19-29-33(50)34(51)40(62-29)47-14-6-11-25(17-47)35(41)52)61-39(30)48-21-45-31-36(43-20-44-37(31)48)42-16-24-10-4-8-22-7-2-3-13-27(22)24/h2-15,17,20-21,28-30,32-34,39-40,49-51H,16,18-19H2,1H3,(H5-,41,42,43,44,46,52,53,54,55,56,57)/p+1/t28-,29-,30-,32-,33-,34-,39-,40-/m1/s1. The summed E-state index contributed by atoms with van der Waals surface area (Å²) in [5.41, 5.74) is 7.07. The van der Waals surface area contributed by atoms with E-state index in [0.717, 1.165) is 16.3 Å². The van der Waals surface area contributed by atoms with Crippen LogP contribution in [0.5, 0.6) is 5.75 Å². The molecular formula is C40H43N8O14P2+. The average molecular weight is 922 g/mol. The van der Waals surface area contributed by atoms with Gasteiger partial charge in [-0.05, 0) is 40.6 Å². The number of pyridine rings is 1. The predicted octanol–water partition coefficient (Wildman–Crippen LogP) is -0.458. The maximum atomic E-state index is 13.6. The van der Waals surface area contributed by atoms with Crippen LogP contribution in [0.1, 0.15) is 38.7 Å². The Morgan fingerprint density at radius 3 is 2.33 bits per heavy atom. The molecular weight excluding hydrogens is 878 g/mol. The van der Waals surface area contributed by atoms with Gasteiger partial charge >= 0.3 is 15.3 Å². The second-order valence-corrected chi connectivity index (χ2v) is 20.4. The van der Waals surface area contributed by atoms with Crippen molar-refractivity contribution in [1.29, 1.82) is 0 Å². The molecule has 3 aromatic carbocycles. The summed E-state index contributed by atoms with van der Waals surface area (Å²) in [5.74, 6) is -0.684. The van der Waals surface area contributed by atoms with Crippen LogP contribution in [0.15, 0.2) is 104 Å². The zero-order valence-electron chi connectivity index (χ0n) is 33.7. The highest BCUT2D eigenvalue weighted by Gasteiger charge is 2.60.